The number of amides is 1. The third-order valence-electron chi connectivity index (χ3n) is 6.16. The molecule has 2 fully saturated rings. The first-order valence-electron chi connectivity index (χ1n) is 11.4. The van der Waals surface area contributed by atoms with Gasteiger partial charge in [-0.2, -0.15) is 31.4 Å². The Bertz CT molecular complexity index is 1150. The lowest BCUT2D eigenvalue weighted by atomic mass is 10.1. The first kappa shape index (κ1) is 26.7. The monoisotopic (exact) mass is 535 g/mol. The summed E-state index contributed by atoms with van der Waals surface area (Å²) in [5.74, 6) is -0.462. The molecule has 37 heavy (non-hydrogen) atoms. The van der Waals surface area contributed by atoms with Crippen molar-refractivity contribution in [1.82, 2.24) is 20.1 Å². The third kappa shape index (κ3) is 6.50. The molecular formula is C22H23F6N5O4. The van der Waals surface area contributed by atoms with E-state index in [1.807, 2.05) is 0 Å². The van der Waals surface area contributed by atoms with Gasteiger partial charge in [0.25, 0.3) is 5.56 Å². The summed E-state index contributed by atoms with van der Waals surface area (Å²) in [6.45, 7) is 1.28. The van der Waals surface area contributed by atoms with Crippen molar-refractivity contribution in [3.8, 4) is 5.75 Å². The topological polar surface area (TPSA) is 101 Å². The smallest absolute Gasteiger partial charge is 0.425 e. The minimum absolute atomic E-state index is 0.0788. The fourth-order valence-electron chi connectivity index (χ4n) is 4.24. The summed E-state index contributed by atoms with van der Waals surface area (Å²) in [7, 11) is 0. The van der Waals surface area contributed by atoms with Gasteiger partial charge in [0.15, 0.2) is 11.3 Å². The number of pyridine rings is 1. The lowest BCUT2D eigenvalue weighted by Crippen LogP contribution is -2.49. The minimum Gasteiger partial charge on any atom is -0.488 e. The van der Waals surface area contributed by atoms with Gasteiger partial charge in [-0.15, -0.1) is 0 Å². The van der Waals surface area contributed by atoms with Gasteiger partial charge in [-0.05, 0) is 25.0 Å². The van der Waals surface area contributed by atoms with Crippen molar-refractivity contribution in [1.29, 1.82) is 0 Å². The highest BCUT2D eigenvalue weighted by Gasteiger charge is 2.39. The molecule has 2 aliphatic heterocycles. The Kier molecular flexibility index (Phi) is 7.62. The number of aromatic nitrogens is 3. The molecule has 2 aromatic rings. The minimum atomic E-state index is -4.91. The van der Waals surface area contributed by atoms with Crippen molar-refractivity contribution in [3.63, 3.8) is 0 Å². The van der Waals surface area contributed by atoms with Crippen LogP contribution in [0.4, 0.5) is 32.2 Å². The van der Waals surface area contributed by atoms with Gasteiger partial charge in [0, 0.05) is 32.4 Å². The molecule has 2 aliphatic rings. The summed E-state index contributed by atoms with van der Waals surface area (Å²) in [4.78, 5) is 31.5. The summed E-state index contributed by atoms with van der Waals surface area (Å²) in [5.41, 5.74) is -3.71. The van der Waals surface area contributed by atoms with Gasteiger partial charge in [-0.1, -0.05) is 0 Å². The van der Waals surface area contributed by atoms with Crippen molar-refractivity contribution in [2.45, 2.75) is 43.8 Å². The summed E-state index contributed by atoms with van der Waals surface area (Å²) in [6.07, 6.45) is -7.76. The molecule has 1 amide bonds. The average Bonchev–Trinajstić information content (AvgIpc) is 3.28. The average molecular weight is 535 g/mol. The van der Waals surface area contributed by atoms with Crippen LogP contribution in [0.5, 0.6) is 5.75 Å². The van der Waals surface area contributed by atoms with Crippen LogP contribution in [0, 0.1) is 0 Å². The molecule has 0 radical (unpaired) electrons. The van der Waals surface area contributed by atoms with E-state index in [2.05, 4.69) is 10.1 Å². The predicted molar refractivity (Wildman–Crippen MR) is 116 cm³/mol. The first-order chi connectivity index (χ1) is 17.4. The fraction of sp³-hybridized carbons (Fsp3) is 0.545. The van der Waals surface area contributed by atoms with Gasteiger partial charge in [-0.25, -0.2) is 10.1 Å². The highest BCUT2D eigenvalue weighted by Crippen LogP contribution is 2.33. The number of carbonyl (C=O) groups is 1. The number of rotatable bonds is 6. The molecule has 0 aliphatic carbocycles. The van der Waals surface area contributed by atoms with E-state index in [0.29, 0.717) is 44.8 Å². The maximum Gasteiger partial charge on any atom is 0.425 e. The molecule has 202 valence electrons. The van der Waals surface area contributed by atoms with Crippen LogP contribution in [0.15, 0.2) is 29.3 Å². The zero-order chi connectivity index (χ0) is 26.8. The Hall–Kier alpha value is -3.36. The summed E-state index contributed by atoms with van der Waals surface area (Å²) >= 11 is 0. The Balaban J connectivity index is 1.23. The van der Waals surface area contributed by atoms with E-state index in [0.717, 1.165) is 18.5 Å². The number of ether oxygens (including phenoxy) is 2. The standard InChI is InChI=1S/C22H23F6N5O4/c23-21(24,25)13-1-4-17(29-10-13)32-5-7-33(8-6-32)18(34)9-14-2-3-15(37-14)12-36-16-11-30-31-20(35)19(16)22(26,27)28/h1,4,10-11,14-15H,2-3,5-9,12H2,(H,31,35)/t14-,15+/m0/s1. The van der Waals surface area contributed by atoms with Crippen LogP contribution < -0.4 is 15.2 Å². The first-order valence-corrected chi connectivity index (χ1v) is 11.4. The van der Waals surface area contributed by atoms with Crippen LogP contribution in [-0.2, 0) is 21.9 Å². The number of hydrogen-bond donors (Lipinski definition) is 1. The molecule has 0 spiro atoms. The highest BCUT2D eigenvalue weighted by atomic mass is 19.4. The van der Waals surface area contributed by atoms with Crippen molar-refractivity contribution < 1.29 is 40.6 Å². The van der Waals surface area contributed by atoms with Crippen LogP contribution in [-0.4, -0.2) is 71.0 Å². The summed E-state index contributed by atoms with van der Waals surface area (Å²) in [5, 5.41) is 5.07. The van der Waals surface area contributed by atoms with E-state index >= 15 is 0 Å². The zero-order valence-electron chi connectivity index (χ0n) is 19.3. The molecular weight excluding hydrogens is 512 g/mol. The van der Waals surface area contributed by atoms with E-state index in [4.69, 9.17) is 9.47 Å². The van der Waals surface area contributed by atoms with Crippen LogP contribution in [0.2, 0.25) is 0 Å². The number of nitrogens with one attached hydrogen (secondary N) is 1. The highest BCUT2D eigenvalue weighted by molar-refractivity contribution is 5.77. The SMILES string of the molecule is O=C(C[C@@H]1CC[C@H](COc2cn[nH]c(=O)c2C(F)(F)F)O1)N1CCN(c2ccc(C(F)(F)F)cn2)CC1. The molecule has 15 heteroatoms. The Labute approximate surface area is 206 Å². The van der Waals surface area contributed by atoms with E-state index < -0.39 is 47.0 Å². The molecule has 2 saturated heterocycles. The van der Waals surface area contributed by atoms with Crippen molar-refractivity contribution in [2.75, 3.05) is 37.7 Å². The van der Waals surface area contributed by atoms with Crippen LogP contribution in [0.25, 0.3) is 0 Å². The maximum atomic E-state index is 13.1. The number of alkyl halides is 6. The number of nitrogens with zero attached hydrogens (tertiary/aromatic N) is 4. The molecule has 4 rings (SSSR count). The molecule has 4 heterocycles. The van der Waals surface area contributed by atoms with Gasteiger partial charge in [0.05, 0.1) is 30.4 Å². The predicted octanol–water partition coefficient (Wildman–Crippen LogP) is 2.87. The molecule has 0 aromatic carbocycles. The lowest BCUT2D eigenvalue weighted by molar-refractivity contribution is -0.141. The van der Waals surface area contributed by atoms with Crippen molar-refractivity contribution >= 4 is 11.7 Å². The van der Waals surface area contributed by atoms with Crippen LogP contribution >= 0.6 is 0 Å². The molecule has 0 unspecified atom stereocenters. The van der Waals surface area contributed by atoms with E-state index in [1.54, 1.807) is 14.9 Å². The molecule has 0 saturated carbocycles. The summed E-state index contributed by atoms with van der Waals surface area (Å²) < 4.78 is 88.5. The van der Waals surface area contributed by atoms with Gasteiger partial charge in [-0.3, -0.25) is 9.59 Å². The van der Waals surface area contributed by atoms with Gasteiger partial charge in [0.1, 0.15) is 12.4 Å². The van der Waals surface area contributed by atoms with E-state index in [1.165, 1.54) is 6.07 Å². The number of piperazine rings is 1. The Morgan fingerprint density at radius 2 is 1.73 bits per heavy atom. The summed E-state index contributed by atoms with van der Waals surface area (Å²) in [6, 6.07) is 2.27. The van der Waals surface area contributed by atoms with Crippen LogP contribution in [0.3, 0.4) is 0 Å². The van der Waals surface area contributed by atoms with Crippen molar-refractivity contribution in [2.24, 2.45) is 0 Å². The van der Waals surface area contributed by atoms with Gasteiger partial charge in [0.2, 0.25) is 5.91 Å². The second-order valence-electron chi connectivity index (χ2n) is 8.68. The van der Waals surface area contributed by atoms with Gasteiger partial charge >= 0.3 is 12.4 Å². The quantitative estimate of drug-likeness (QED) is 0.568. The van der Waals surface area contributed by atoms with Crippen molar-refractivity contribution in [3.05, 3.63) is 46.0 Å². The molecule has 2 aromatic heterocycles. The number of anilines is 1. The molecule has 0 bridgehead atoms. The number of carbonyl (C=O) groups excluding carboxylic acids is 1. The van der Waals surface area contributed by atoms with Crippen LogP contribution in [0.1, 0.15) is 30.4 Å². The third-order valence-corrected chi connectivity index (χ3v) is 6.16. The molecule has 2 atom stereocenters. The maximum absolute atomic E-state index is 13.1. The fourth-order valence-corrected chi connectivity index (χ4v) is 4.24. The lowest BCUT2D eigenvalue weighted by Gasteiger charge is -2.36. The molecule has 1 N–H and O–H groups in total. The van der Waals surface area contributed by atoms with E-state index in [-0.39, 0.29) is 18.9 Å². The largest absolute Gasteiger partial charge is 0.488 e. The second kappa shape index (κ2) is 10.6. The normalized spacial score (nSPS) is 20.8. The number of hydrogen-bond acceptors (Lipinski definition) is 7. The Morgan fingerprint density at radius 3 is 2.35 bits per heavy atom. The number of H-pyrrole nitrogens is 1. The number of halogens is 6. The molecule has 9 nitrogen and oxygen atoms in total. The Morgan fingerprint density at radius 1 is 1.03 bits per heavy atom. The second-order valence-corrected chi connectivity index (χ2v) is 8.68. The number of aromatic amines is 1. The van der Waals surface area contributed by atoms with Gasteiger partial charge < -0.3 is 19.3 Å². The zero-order valence-corrected chi connectivity index (χ0v) is 19.3. The van der Waals surface area contributed by atoms with E-state index in [9.17, 15) is 35.9 Å².